The molecule has 0 aliphatic carbocycles. The lowest BCUT2D eigenvalue weighted by Gasteiger charge is -2.22. The monoisotopic (exact) mass is 275 g/mol. The van der Waals surface area contributed by atoms with Crippen LogP contribution in [0.3, 0.4) is 0 Å². The van der Waals surface area contributed by atoms with Gasteiger partial charge < -0.3 is 11.1 Å². The van der Waals surface area contributed by atoms with Crippen LogP contribution in [0.2, 0.25) is 0 Å². The average molecular weight is 275 g/mol. The lowest BCUT2D eigenvalue weighted by atomic mass is 9.83. The second-order valence-electron chi connectivity index (χ2n) is 4.81. The van der Waals surface area contributed by atoms with Gasteiger partial charge in [0, 0.05) is 12.1 Å². The highest BCUT2D eigenvalue weighted by molar-refractivity contribution is 5.96. The number of amides is 2. The van der Waals surface area contributed by atoms with Crippen LogP contribution in [0.25, 0.3) is 0 Å². The van der Waals surface area contributed by atoms with E-state index in [-0.39, 0.29) is 23.8 Å². The van der Waals surface area contributed by atoms with Crippen LogP contribution in [0.5, 0.6) is 0 Å². The minimum absolute atomic E-state index is 0.0598. The quantitative estimate of drug-likeness (QED) is 0.776. The molecule has 0 spiro atoms. The van der Waals surface area contributed by atoms with Crippen molar-refractivity contribution in [2.75, 3.05) is 0 Å². The third kappa shape index (κ3) is 2.35. The molecule has 20 heavy (non-hydrogen) atoms. The maximum Gasteiger partial charge on any atom is 0.293 e. The van der Waals surface area contributed by atoms with Crippen molar-refractivity contribution in [3.63, 3.8) is 0 Å². The molecular formula is C14H14FN3O2. The van der Waals surface area contributed by atoms with E-state index in [0.29, 0.717) is 12.0 Å². The van der Waals surface area contributed by atoms with Crippen molar-refractivity contribution >= 4 is 11.8 Å². The number of fused-ring (bicyclic) bond motifs is 1. The van der Waals surface area contributed by atoms with E-state index in [4.69, 9.17) is 5.73 Å². The van der Waals surface area contributed by atoms with Crippen LogP contribution in [-0.2, 0) is 16.8 Å². The molecule has 1 atom stereocenters. The smallest absolute Gasteiger partial charge is 0.293 e. The van der Waals surface area contributed by atoms with Gasteiger partial charge in [-0.3, -0.25) is 9.59 Å². The zero-order chi connectivity index (χ0) is 14.9. The maximum absolute atomic E-state index is 14.2. The molecule has 5 nitrogen and oxygen atoms in total. The van der Waals surface area contributed by atoms with Gasteiger partial charge in [-0.15, -0.1) is 0 Å². The summed E-state index contributed by atoms with van der Waals surface area (Å²) >= 11 is 0. The fraction of sp³-hybridized carbons (Fsp3) is 0.357. The minimum atomic E-state index is -0.975. The lowest BCUT2D eigenvalue weighted by molar-refractivity contribution is -0.112. The highest BCUT2D eigenvalue weighted by atomic mass is 19.1. The van der Waals surface area contributed by atoms with Gasteiger partial charge >= 0.3 is 0 Å². The lowest BCUT2D eigenvalue weighted by Crippen LogP contribution is -2.24. The Labute approximate surface area is 115 Å². The maximum atomic E-state index is 14.2. The molecule has 2 heterocycles. The summed E-state index contributed by atoms with van der Waals surface area (Å²) in [5, 5.41) is 2.58. The Morgan fingerprint density at radius 1 is 1.65 bits per heavy atom. The number of halogens is 1. The van der Waals surface area contributed by atoms with Gasteiger partial charge in [0.15, 0.2) is 0 Å². The van der Waals surface area contributed by atoms with Gasteiger partial charge in [0.05, 0.1) is 11.1 Å². The number of pyridine rings is 1. The molecule has 1 aliphatic heterocycles. The molecule has 2 amide bonds. The summed E-state index contributed by atoms with van der Waals surface area (Å²) in [5.41, 5.74) is 4.81. The number of nitrogens with two attached hydrogens (primary N) is 1. The van der Waals surface area contributed by atoms with Crippen molar-refractivity contribution in [1.82, 2.24) is 10.3 Å². The Morgan fingerprint density at radius 3 is 2.95 bits per heavy atom. The number of aromatic nitrogens is 1. The van der Waals surface area contributed by atoms with Crippen LogP contribution in [0.15, 0.2) is 6.07 Å². The first-order valence-corrected chi connectivity index (χ1v) is 6.18. The van der Waals surface area contributed by atoms with Gasteiger partial charge in [0.2, 0.25) is 0 Å². The summed E-state index contributed by atoms with van der Waals surface area (Å²) in [6.45, 7) is 3.73. The van der Waals surface area contributed by atoms with Gasteiger partial charge in [0.25, 0.3) is 11.8 Å². The largest absolute Gasteiger partial charge is 0.359 e. The highest BCUT2D eigenvalue weighted by Crippen LogP contribution is 2.29. The number of carbonyl (C=O) groups is 2. The molecule has 1 aliphatic rings. The summed E-state index contributed by atoms with van der Waals surface area (Å²) in [4.78, 5) is 26.5. The second kappa shape index (κ2) is 4.93. The third-order valence-electron chi connectivity index (χ3n) is 3.40. The van der Waals surface area contributed by atoms with Crippen LogP contribution in [0.4, 0.5) is 4.39 Å². The van der Waals surface area contributed by atoms with Crippen molar-refractivity contribution < 1.29 is 14.0 Å². The van der Waals surface area contributed by atoms with Crippen molar-refractivity contribution in [1.29, 1.82) is 0 Å². The predicted octanol–water partition coefficient (Wildman–Crippen LogP) is 0.621. The molecule has 0 bridgehead atoms. The highest BCUT2D eigenvalue weighted by Gasteiger charge is 2.32. The van der Waals surface area contributed by atoms with E-state index in [9.17, 15) is 14.0 Å². The van der Waals surface area contributed by atoms with Gasteiger partial charge in [-0.1, -0.05) is 12.8 Å². The molecule has 2 rings (SSSR count). The molecule has 0 radical (unpaired) electrons. The molecule has 0 saturated carbocycles. The first kappa shape index (κ1) is 14.0. The zero-order valence-electron chi connectivity index (χ0n) is 11.2. The molecule has 1 aromatic rings. The molecule has 0 aromatic carbocycles. The Bertz CT molecular complexity index is 660. The van der Waals surface area contributed by atoms with Crippen molar-refractivity contribution in [3.05, 3.63) is 28.8 Å². The number of carbonyl (C=O) groups excluding carboxylic acids is 2. The first-order valence-electron chi connectivity index (χ1n) is 6.18. The van der Waals surface area contributed by atoms with E-state index < -0.39 is 17.1 Å². The molecule has 6 heteroatoms. The first-order chi connectivity index (χ1) is 9.37. The Balaban J connectivity index is 2.57. The van der Waals surface area contributed by atoms with Gasteiger partial charge in [0.1, 0.15) is 11.5 Å². The van der Waals surface area contributed by atoms with Gasteiger partial charge in [-0.2, -0.15) is 0 Å². The van der Waals surface area contributed by atoms with Gasteiger partial charge in [-0.25, -0.2) is 9.37 Å². The zero-order valence-corrected chi connectivity index (χ0v) is 11.2. The Kier molecular flexibility index (Phi) is 3.45. The molecule has 1 aromatic heterocycles. The predicted molar refractivity (Wildman–Crippen MR) is 70.0 cm³/mol. The third-order valence-corrected chi connectivity index (χ3v) is 3.40. The van der Waals surface area contributed by atoms with Crippen LogP contribution in [-0.4, -0.2) is 16.8 Å². The summed E-state index contributed by atoms with van der Waals surface area (Å²) < 4.78 is 14.2. The number of nitrogens with one attached hydrogen (secondary N) is 1. The van der Waals surface area contributed by atoms with E-state index in [1.807, 2.05) is 0 Å². The second-order valence-corrected chi connectivity index (χ2v) is 4.81. The van der Waals surface area contributed by atoms with Crippen molar-refractivity contribution in [2.45, 2.75) is 32.2 Å². The number of hydrogen-bond donors (Lipinski definition) is 2. The summed E-state index contributed by atoms with van der Waals surface area (Å²) in [5.74, 6) is 3.22. The van der Waals surface area contributed by atoms with Crippen LogP contribution in [0, 0.1) is 17.7 Å². The fourth-order valence-corrected chi connectivity index (χ4v) is 2.02. The topological polar surface area (TPSA) is 85.1 Å². The SMILES string of the molecule is CCC(C)(C#CC(N)=O)c1nc2c(cc1F)CNC2=O. The fourth-order valence-electron chi connectivity index (χ4n) is 2.02. The standard InChI is InChI=1S/C14H14FN3O2/c1-3-14(2,5-4-10(16)19)12-9(15)6-8-7-17-13(20)11(8)18-12/h6H,3,7H2,1-2H3,(H2,16,19)(H,17,20). The number of primary amides is 1. The van der Waals surface area contributed by atoms with E-state index in [0.717, 1.165) is 0 Å². The van der Waals surface area contributed by atoms with E-state index in [1.165, 1.54) is 6.07 Å². The summed E-state index contributed by atoms with van der Waals surface area (Å²) in [7, 11) is 0. The number of rotatable bonds is 2. The Morgan fingerprint density at radius 2 is 2.35 bits per heavy atom. The number of hydrogen-bond acceptors (Lipinski definition) is 3. The minimum Gasteiger partial charge on any atom is -0.359 e. The van der Waals surface area contributed by atoms with Crippen LogP contribution >= 0.6 is 0 Å². The van der Waals surface area contributed by atoms with Crippen LogP contribution < -0.4 is 11.1 Å². The summed E-state index contributed by atoms with van der Waals surface area (Å²) in [6, 6.07) is 1.29. The number of nitrogens with zero attached hydrogens (tertiary/aromatic N) is 1. The molecule has 1 unspecified atom stereocenters. The molecular weight excluding hydrogens is 261 g/mol. The Hall–Kier alpha value is -2.42. The van der Waals surface area contributed by atoms with E-state index >= 15 is 0 Å². The van der Waals surface area contributed by atoms with Crippen LogP contribution in [0.1, 0.15) is 42.0 Å². The normalized spacial score (nSPS) is 15.7. The molecule has 3 N–H and O–H groups in total. The van der Waals surface area contributed by atoms with Crippen molar-refractivity contribution in [3.8, 4) is 11.8 Å². The van der Waals surface area contributed by atoms with E-state index in [2.05, 4.69) is 22.1 Å². The molecule has 0 fully saturated rings. The molecule has 104 valence electrons. The summed E-state index contributed by atoms with van der Waals surface area (Å²) in [6.07, 6.45) is 0.428. The van der Waals surface area contributed by atoms with E-state index in [1.54, 1.807) is 13.8 Å². The average Bonchev–Trinajstić information content (AvgIpc) is 2.76. The van der Waals surface area contributed by atoms with Gasteiger partial charge in [-0.05, 0) is 25.3 Å². The molecule has 0 saturated heterocycles. The van der Waals surface area contributed by atoms with Crippen molar-refractivity contribution in [2.24, 2.45) is 5.73 Å².